The van der Waals surface area contributed by atoms with Gasteiger partial charge in [-0.1, -0.05) is 13.8 Å². The molecule has 0 bridgehead atoms. The lowest BCUT2D eigenvalue weighted by Gasteiger charge is -2.44. The van der Waals surface area contributed by atoms with Crippen LogP contribution >= 0.6 is 11.3 Å². The predicted molar refractivity (Wildman–Crippen MR) is 127 cm³/mol. The first-order chi connectivity index (χ1) is 16.8. The Hall–Kier alpha value is -3.25. The minimum Gasteiger partial charge on any atom is -0.497 e. The lowest BCUT2D eigenvalue weighted by Crippen LogP contribution is -2.44. The molecule has 2 heterocycles. The van der Waals surface area contributed by atoms with Crippen LogP contribution < -0.4 is 10.1 Å². The molecule has 1 saturated carbocycles. The van der Waals surface area contributed by atoms with E-state index >= 15 is 0 Å². The third-order valence-electron chi connectivity index (χ3n) is 6.37. The Morgan fingerprint density at radius 3 is 2.64 bits per heavy atom. The van der Waals surface area contributed by atoms with Gasteiger partial charge >= 0.3 is 12.1 Å². The zero-order chi connectivity index (χ0) is 26.3. The van der Waals surface area contributed by atoms with Crippen LogP contribution in [0, 0.1) is 11.3 Å². The molecule has 192 valence electrons. The number of hydrogen-bond donors (Lipinski definition) is 3. The van der Waals surface area contributed by atoms with Crippen LogP contribution in [0.5, 0.6) is 5.75 Å². The van der Waals surface area contributed by atoms with Crippen LogP contribution in [0.4, 0.5) is 24.8 Å². The van der Waals surface area contributed by atoms with Crippen LogP contribution in [-0.2, 0) is 16.6 Å². The van der Waals surface area contributed by atoms with E-state index in [2.05, 4.69) is 20.3 Å². The Bertz CT molecular complexity index is 1280. The summed E-state index contributed by atoms with van der Waals surface area (Å²) >= 11 is 1.27. The molecule has 0 aliphatic heterocycles. The predicted octanol–water partition coefficient (Wildman–Crippen LogP) is 5.47. The van der Waals surface area contributed by atoms with Gasteiger partial charge in [0.05, 0.1) is 17.9 Å². The van der Waals surface area contributed by atoms with Gasteiger partial charge in [0.15, 0.2) is 0 Å². The summed E-state index contributed by atoms with van der Waals surface area (Å²) in [6.45, 7) is 3.67. The summed E-state index contributed by atoms with van der Waals surface area (Å²) in [4.78, 5) is 24.2. The number of aliphatic carboxylic acids is 1. The minimum atomic E-state index is -4.60. The van der Waals surface area contributed by atoms with Crippen molar-refractivity contribution in [3.8, 4) is 16.2 Å². The third-order valence-corrected chi connectivity index (χ3v) is 7.61. The number of anilines is 2. The van der Waals surface area contributed by atoms with E-state index in [1.165, 1.54) is 18.4 Å². The van der Waals surface area contributed by atoms with Crippen molar-refractivity contribution >= 4 is 28.9 Å². The highest BCUT2D eigenvalue weighted by Gasteiger charge is 2.49. The van der Waals surface area contributed by atoms with Gasteiger partial charge in [0, 0.05) is 24.1 Å². The van der Waals surface area contributed by atoms with E-state index in [9.17, 15) is 28.2 Å². The monoisotopic (exact) mass is 522 g/mol. The molecular weight excluding hydrogens is 497 g/mol. The molecule has 1 fully saturated rings. The number of aliphatic hydroxyl groups is 1. The molecule has 1 aromatic carbocycles. The average Bonchev–Trinajstić information content (AvgIpc) is 3.29. The fraction of sp³-hybridized carbons (Fsp3) is 0.417. The minimum absolute atomic E-state index is 0.222. The van der Waals surface area contributed by atoms with E-state index < -0.39 is 34.8 Å². The van der Waals surface area contributed by atoms with Gasteiger partial charge in [-0.25, -0.2) is 15.0 Å². The maximum absolute atomic E-state index is 13.0. The summed E-state index contributed by atoms with van der Waals surface area (Å²) in [5.41, 5.74) is -1.88. The van der Waals surface area contributed by atoms with Crippen LogP contribution in [0.25, 0.3) is 10.4 Å². The maximum Gasteiger partial charge on any atom is 0.433 e. The molecule has 36 heavy (non-hydrogen) atoms. The number of carbonyl (C=O) groups is 1. The number of nitrogens with one attached hydrogen (secondary N) is 1. The molecule has 0 spiro atoms. The van der Waals surface area contributed by atoms with Gasteiger partial charge in [0.1, 0.15) is 22.1 Å². The second-order valence-corrected chi connectivity index (χ2v) is 10.5. The van der Waals surface area contributed by atoms with Crippen molar-refractivity contribution in [1.29, 1.82) is 0 Å². The molecule has 4 rings (SSSR count). The van der Waals surface area contributed by atoms with Gasteiger partial charge in [-0.2, -0.15) is 13.2 Å². The van der Waals surface area contributed by atoms with Gasteiger partial charge in [-0.05, 0) is 48.4 Å². The SMILES string of the molecule is COc1cc(Nc2nccc(C(F)(F)F)n2)cc(-c2cnc([C@]3(O)CC[C@@H](C(=O)O)C(C)(C)C3)s2)c1. The third kappa shape index (κ3) is 5.29. The maximum atomic E-state index is 13.0. The van der Waals surface area contributed by atoms with Crippen molar-refractivity contribution in [2.24, 2.45) is 11.3 Å². The number of carboxylic acid groups (broad SMARTS) is 1. The summed E-state index contributed by atoms with van der Waals surface area (Å²) in [6, 6.07) is 5.82. The van der Waals surface area contributed by atoms with Crippen LogP contribution in [0.15, 0.2) is 36.7 Å². The quantitative estimate of drug-likeness (QED) is 0.390. The fourth-order valence-electron chi connectivity index (χ4n) is 4.64. The van der Waals surface area contributed by atoms with Gasteiger partial charge in [-0.15, -0.1) is 11.3 Å². The van der Waals surface area contributed by atoms with Gasteiger partial charge in [-0.3, -0.25) is 4.79 Å². The Morgan fingerprint density at radius 1 is 1.25 bits per heavy atom. The number of ether oxygens (including phenoxy) is 1. The number of nitrogens with zero attached hydrogens (tertiary/aromatic N) is 3. The Kier molecular flexibility index (Phi) is 6.69. The zero-order valence-corrected chi connectivity index (χ0v) is 20.6. The topological polar surface area (TPSA) is 117 Å². The van der Waals surface area contributed by atoms with Gasteiger partial charge in [0.2, 0.25) is 5.95 Å². The van der Waals surface area contributed by atoms with E-state index in [4.69, 9.17) is 4.74 Å². The largest absolute Gasteiger partial charge is 0.497 e. The summed E-state index contributed by atoms with van der Waals surface area (Å²) in [6.07, 6.45) is -1.11. The highest BCUT2D eigenvalue weighted by atomic mass is 32.1. The number of thiazole rings is 1. The number of benzene rings is 1. The Balaban J connectivity index is 1.62. The van der Waals surface area contributed by atoms with E-state index in [1.807, 2.05) is 13.8 Å². The summed E-state index contributed by atoms with van der Waals surface area (Å²) < 4.78 is 44.4. The van der Waals surface area contributed by atoms with Crippen molar-refractivity contribution in [3.63, 3.8) is 0 Å². The van der Waals surface area contributed by atoms with Crippen LogP contribution in [0.3, 0.4) is 0 Å². The normalized spacial score (nSPS) is 21.7. The molecule has 0 radical (unpaired) electrons. The van der Waals surface area contributed by atoms with Crippen molar-refractivity contribution < 1.29 is 32.9 Å². The molecule has 2 atom stereocenters. The fourth-order valence-corrected chi connectivity index (χ4v) is 5.66. The number of alkyl halides is 3. The summed E-state index contributed by atoms with van der Waals surface area (Å²) in [5.74, 6) is -1.20. The molecule has 1 aliphatic carbocycles. The zero-order valence-electron chi connectivity index (χ0n) is 19.8. The molecule has 2 aromatic heterocycles. The first kappa shape index (κ1) is 25.8. The molecule has 0 saturated heterocycles. The number of rotatable bonds is 6. The van der Waals surface area contributed by atoms with Gasteiger partial charge in [0.25, 0.3) is 0 Å². The number of carboxylic acids is 1. The van der Waals surface area contributed by atoms with Crippen molar-refractivity contribution in [1.82, 2.24) is 15.0 Å². The van der Waals surface area contributed by atoms with Gasteiger partial charge < -0.3 is 20.3 Å². The highest BCUT2D eigenvalue weighted by molar-refractivity contribution is 7.15. The second kappa shape index (κ2) is 9.32. The lowest BCUT2D eigenvalue weighted by molar-refractivity contribution is -0.154. The Labute approximate surface area is 209 Å². The van der Waals surface area contributed by atoms with E-state index in [0.717, 1.165) is 12.3 Å². The van der Waals surface area contributed by atoms with Crippen molar-refractivity contribution in [2.75, 3.05) is 12.4 Å². The standard InChI is InChI=1S/C24H25F3N4O4S/c1-22(2)12-23(34,6-4-16(22)19(32)33)20-29-11-17(36-20)13-8-14(10-15(9-13)35-3)30-21-28-7-5-18(31-21)24(25,26)27/h5,7-11,16,34H,4,6,12H2,1-3H3,(H,32,33)(H,28,30,31)/t16-,23-/m0/s1. The second-order valence-electron chi connectivity index (χ2n) is 9.49. The number of hydrogen-bond acceptors (Lipinski definition) is 8. The first-order valence-electron chi connectivity index (χ1n) is 11.1. The van der Waals surface area contributed by atoms with E-state index in [0.29, 0.717) is 33.3 Å². The first-order valence-corrected chi connectivity index (χ1v) is 11.9. The van der Waals surface area contributed by atoms with Crippen molar-refractivity contribution in [2.45, 2.75) is 44.9 Å². The molecule has 0 amide bonds. The van der Waals surface area contributed by atoms with Crippen LogP contribution in [-0.4, -0.2) is 38.2 Å². The Morgan fingerprint density at radius 2 is 2.00 bits per heavy atom. The molecule has 8 nitrogen and oxygen atoms in total. The molecule has 3 N–H and O–H groups in total. The van der Waals surface area contributed by atoms with Crippen LogP contribution in [0.2, 0.25) is 0 Å². The highest BCUT2D eigenvalue weighted by Crippen LogP contribution is 2.51. The summed E-state index contributed by atoms with van der Waals surface area (Å²) in [7, 11) is 1.47. The molecule has 3 aromatic rings. The average molecular weight is 523 g/mol. The van der Waals surface area contributed by atoms with Crippen molar-refractivity contribution in [3.05, 3.63) is 47.4 Å². The summed E-state index contributed by atoms with van der Waals surface area (Å²) in [5, 5.41) is 24.2. The van der Waals surface area contributed by atoms with Crippen LogP contribution in [0.1, 0.15) is 43.8 Å². The lowest BCUT2D eigenvalue weighted by atomic mass is 9.63. The molecule has 1 aliphatic rings. The number of halogens is 3. The molecule has 12 heteroatoms. The van der Waals surface area contributed by atoms with E-state index in [1.54, 1.807) is 24.4 Å². The number of aromatic nitrogens is 3. The molecule has 0 unspecified atom stereocenters. The smallest absolute Gasteiger partial charge is 0.433 e. The molecular formula is C24H25F3N4O4S. The van der Waals surface area contributed by atoms with E-state index in [-0.39, 0.29) is 18.8 Å². The number of methoxy groups -OCH3 is 1.